The molecule has 0 N–H and O–H groups in total. The minimum absolute atomic E-state index is 0.760. The van der Waals surface area contributed by atoms with Crippen molar-refractivity contribution in [3.05, 3.63) is 0 Å². The number of ether oxygens (including phenoxy) is 2. The topological polar surface area (TPSA) is 49.7 Å². The molecule has 0 amide bonds. The molecular formula is C12H22N4O2. The van der Waals surface area contributed by atoms with Crippen LogP contribution in [0.2, 0.25) is 0 Å². The number of hydrazone groups is 2. The van der Waals surface area contributed by atoms with Gasteiger partial charge in [-0.05, 0) is 13.8 Å². The Morgan fingerprint density at radius 3 is 1.39 bits per heavy atom. The highest BCUT2D eigenvalue weighted by Crippen LogP contribution is 2.01. The molecule has 2 fully saturated rings. The average Bonchev–Trinajstić information content (AvgIpc) is 2.41. The number of morpholine rings is 2. The zero-order chi connectivity index (χ0) is 12.8. The lowest BCUT2D eigenvalue weighted by Crippen LogP contribution is -2.35. The quantitative estimate of drug-likeness (QED) is 0.684. The lowest BCUT2D eigenvalue weighted by Gasteiger charge is -2.26. The first kappa shape index (κ1) is 13.3. The molecule has 2 saturated heterocycles. The Balaban J connectivity index is 1.91. The van der Waals surface area contributed by atoms with Crippen molar-refractivity contribution < 1.29 is 9.47 Å². The second-order valence-electron chi connectivity index (χ2n) is 4.50. The first-order valence-electron chi connectivity index (χ1n) is 6.52. The molecule has 2 rings (SSSR count). The van der Waals surface area contributed by atoms with Crippen molar-refractivity contribution >= 4 is 11.4 Å². The molecule has 6 nitrogen and oxygen atoms in total. The molecule has 2 aliphatic heterocycles. The maximum absolute atomic E-state index is 5.30. The molecule has 0 aromatic carbocycles. The predicted octanol–water partition coefficient (Wildman–Crippen LogP) is 0.403. The number of rotatable bonds is 3. The minimum Gasteiger partial charge on any atom is -0.378 e. The van der Waals surface area contributed by atoms with Crippen LogP contribution in [0.25, 0.3) is 0 Å². The third-order valence-corrected chi connectivity index (χ3v) is 3.08. The summed E-state index contributed by atoms with van der Waals surface area (Å²) in [5.41, 5.74) is 1.95. The predicted molar refractivity (Wildman–Crippen MR) is 71.0 cm³/mol. The van der Waals surface area contributed by atoms with Crippen molar-refractivity contribution in [1.82, 2.24) is 10.0 Å². The highest BCUT2D eigenvalue weighted by Gasteiger charge is 2.11. The Bertz CT molecular complexity index is 286. The van der Waals surface area contributed by atoms with E-state index in [-0.39, 0.29) is 0 Å². The van der Waals surface area contributed by atoms with E-state index in [4.69, 9.17) is 9.47 Å². The fourth-order valence-electron chi connectivity index (χ4n) is 1.88. The lowest BCUT2D eigenvalue weighted by molar-refractivity contribution is 0.0386. The van der Waals surface area contributed by atoms with E-state index in [1.54, 1.807) is 0 Å². The van der Waals surface area contributed by atoms with E-state index in [1.165, 1.54) is 0 Å². The summed E-state index contributed by atoms with van der Waals surface area (Å²) in [4.78, 5) is 0. The van der Waals surface area contributed by atoms with Gasteiger partial charge >= 0.3 is 0 Å². The van der Waals surface area contributed by atoms with Crippen molar-refractivity contribution in [3.8, 4) is 0 Å². The molecule has 0 aliphatic carbocycles. The monoisotopic (exact) mass is 254 g/mol. The molecule has 2 aliphatic rings. The summed E-state index contributed by atoms with van der Waals surface area (Å²) >= 11 is 0. The Hall–Kier alpha value is -1.14. The van der Waals surface area contributed by atoms with Crippen LogP contribution in [0.1, 0.15) is 13.8 Å². The Morgan fingerprint density at radius 1 is 0.722 bits per heavy atom. The smallest absolute Gasteiger partial charge is 0.0803 e. The number of hydrogen-bond acceptors (Lipinski definition) is 6. The van der Waals surface area contributed by atoms with Crippen LogP contribution in [-0.2, 0) is 9.47 Å². The van der Waals surface area contributed by atoms with E-state index in [0.717, 1.165) is 64.0 Å². The van der Waals surface area contributed by atoms with Crippen LogP contribution in [-0.4, -0.2) is 74.0 Å². The molecule has 6 heteroatoms. The summed E-state index contributed by atoms with van der Waals surface area (Å²) in [5, 5.41) is 13.3. The van der Waals surface area contributed by atoms with Gasteiger partial charge in [0.2, 0.25) is 0 Å². The van der Waals surface area contributed by atoms with Gasteiger partial charge in [-0.15, -0.1) is 0 Å². The third-order valence-electron chi connectivity index (χ3n) is 3.08. The highest BCUT2D eigenvalue weighted by atomic mass is 16.5. The van der Waals surface area contributed by atoms with Crippen molar-refractivity contribution in [2.24, 2.45) is 10.2 Å². The SMILES string of the molecule is CC(=N/N1CCOCC1)/C(C)=N\N1CCOCC1. The van der Waals surface area contributed by atoms with Gasteiger partial charge < -0.3 is 9.47 Å². The van der Waals surface area contributed by atoms with E-state index in [1.807, 2.05) is 13.8 Å². The van der Waals surface area contributed by atoms with Crippen LogP contribution in [0.3, 0.4) is 0 Å². The molecular weight excluding hydrogens is 232 g/mol. The molecule has 0 aromatic rings. The van der Waals surface area contributed by atoms with Crippen LogP contribution in [0.15, 0.2) is 10.2 Å². The van der Waals surface area contributed by atoms with Gasteiger partial charge in [0.15, 0.2) is 0 Å². The zero-order valence-corrected chi connectivity index (χ0v) is 11.3. The normalized spacial score (nSPS) is 23.4. The first-order chi connectivity index (χ1) is 8.75. The van der Waals surface area contributed by atoms with Gasteiger partial charge in [0.25, 0.3) is 0 Å². The molecule has 0 bridgehead atoms. The fraction of sp³-hybridized carbons (Fsp3) is 0.833. The van der Waals surface area contributed by atoms with Gasteiger partial charge in [0, 0.05) is 0 Å². The maximum atomic E-state index is 5.30. The summed E-state index contributed by atoms with van der Waals surface area (Å²) in [7, 11) is 0. The first-order valence-corrected chi connectivity index (χ1v) is 6.52. The Kier molecular flexibility index (Phi) is 4.95. The van der Waals surface area contributed by atoms with Crippen LogP contribution in [0.4, 0.5) is 0 Å². The van der Waals surface area contributed by atoms with E-state index < -0.39 is 0 Å². The Morgan fingerprint density at radius 2 is 1.06 bits per heavy atom. The van der Waals surface area contributed by atoms with Crippen LogP contribution in [0.5, 0.6) is 0 Å². The van der Waals surface area contributed by atoms with Crippen LogP contribution < -0.4 is 0 Å². The highest BCUT2D eigenvalue weighted by molar-refractivity contribution is 6.40. The summed E-state index contributed by atoms with van der Waals surface area (Å²) < 4.78 is 10.6. The molecule has 0 unspecified atom stereocenters. The minimum atomic E-state index is 0.760. The largest absolute Gasteiger partial charge is 0.378 e. The number of nitrogens with zero attached hydrogens (tertiary/aromatic N) is 4. The molecule has 102 valence electrons. The van der Waals surface area contributed by atoms with Crippen molar-refractivity contribution in [1.29, 1.82) is 0 Å². The molecule has 0 aromatic heterocycles. The van der Waals surface area contributed by atoms with Gasteiger partial charge in [-0.25, -0.2) is 0 Å². The van der Waals surface area contributed by atoms with Gasteiger partial charge in [0.05, 0.1) is 64.0 Å². The van der Waals surface area contributed by atoms with Gasteiger partial charge in [-0.1, -0.05) is 0 Å². The zero-order valence-electron chi connectivity index (χ0n) is 11.3. The number of hydrogen-bond donors (Lipinski definition) is 0. The van der Waals surface area contributed by atoms with Crippen molar-refractivity contribution in [2.75, 3.05) is 52.6 Å². The molecule has 0 atom stereocenters. The second kappa shape index (κ2) is 6.70. The molecule has 0 spiro atoms. The van der Waals surface area contributed by atoms with Crippen LogP contribution in [0, 0.1) is 0 Å². The Labute approximate surface area is 108 Å². The van der Waals surface area contributed by atoms with Crippen molar-refractivity contribution in [2.45, 2.75) is 13.8 Å². The van der Waals surface area contributed by atoms with E-state index >= 15 is 0 Å². The van der Waals surface area contributed by atoms with Crippen LogP contribution >= 0.6 is 0 Å². The lowest BCUT2D eigenvalue weighted by atomic mass is 10.3. The fourth-order valence-corrected chi connectivity index (χ4v) is 1.88. The average molecular weight is 254 g/mol. The summed E-state index contributed by atoms with van der Waals surface area (Å²) in [6.45, 7) is 10.5. The van der Waals surface area contributed by atoms with Gasteiger partial charge in [0.1, 0.15) is 0 Å². The van der Waals surface area contributed by atoms with E-state index in [0.29, 0.717) is 0 Å². The van der Waals surface area contributed by atoms with E-state index in [2.05, 4.69) is 20.2 Å². The summed E-state index contributed by atoms with van der Waals surface area (Å²) in [6.07, 6.45) is 0. The van der Waals surface area contributed by atoms with Gasteiger partial charge in [-0.3, -0.25) is 10.0 Å². The molecule has 18 heavy (non-hydrogen) atoms. The molecule has 2 heterocycles. The standard InChI is InChI=1S/C12H22N4O2/c1-11(13-15-3-7-17-8-4-15)12(2)14-16-5-9-18-10-6-16/h3-10H2,1-2H3/b13-11-,14-12-. The third kappa shape index (κ3) is 3.96. The summed E-state index contributed by atoms with van der Waals surface area (Å²) in [6, 6.07) is 0. The molecule has 0 radical (unpaired) electrons. The van der Waals surface area contributed by atoms with Crippen molar-refractivity contribution in [3.63, 3.8) is 0 Å². The maximum Gasteiger partial charge on any atom is 0.0803 e. The van der Waals surface area contributed by atoms with Gasteiger partial charge in [-0.2, -0.15) is 10.2 Å². The summed E-state index contributed by atoms with van der Waals surface area (Å²) in [5.74, 6) is 0. The second-order valence-corrected chi connectivity index (χ2v) is 4.50. The van der Waals surface area contributed by atoms with E-state index in [9.17, 15) is 0 Å². The molecule has 0 saturated carbocycles.